The van der Waals surface area contributed by atoms with Gasteiger partial charge < -0.3 is 0 Å². The Morgan fingerprint density at radius 1 is 0.913 bits per heavy atom. The quantitative estimate of drug-likeness (QED) is 0.609. The SMILES string of the molecule is O=C1C(Cl)=C(Cl)C(=O)c2nc(-c3ccccc3[N+](=O)[O-])ccc21. The molecular formula is C15H6Cl2N2O4. The molecule has 2 aromatic rings. The van der Waals surface area contributed by atoms with Gasteiger partial charge in [-0.1, -0.05) is 35.3 Å². The van der Waals surface area contributed by atoms with E-state index in [1.807, 2.05) is 0 Å². The summed E-state index contributed by atoms with van der Waals surface area (Å²) >= 11 is 11.5. The van der Waals surface area contributed by atoms with Crippen LogP contribution in [-0.4, -0.2) is 21.5 Å². The Bertz CT molecular complexity index is 921. The summed E-state index contributed by atoms with van der Waals surface area (Å²) in [6.07, 6.45) is 0. The van der Waals surface area contributed by atoms with Gasteiger partial charge in [-0.2, -0.15) is 0 Å². The number of halogens is 2. The fraction of sp³-hybridized carbons (Fsp3) is 0. The molecule has 0 saturated heterocycles. The summed E-state index contributed by atoms with van der Waals surface area (Å²) in [5.74, 6) is -1.29. The first-order valence-electron chi connectivity index (χ1n) is 6.31. The molecule has 8 heteroatoms. The Balaban J connectivity index is 2.21. The van der Waals surface area contributed by atoms with Crippen LogP contribution in [0, 0.1) is 10.1 Å². The average Bonchev–Trinajstić information content (AvgIpc) is 2.57. The van der Waals surface area contributed by atoms with Gasteiger partial charge in [0.05, 0.1) is 21.7 Å². The van der Waals surface area contributed by atoms with Crippen LogP contribution in [0.15, 0.2) is 46.5 Å². The van der Waals surface area contributed by atoms with E-state index >= 15 is 0 Å². The van der Waals surface area contributed by atoms with Crippen LogP contribution in [0.1, 0.15) is 20.8 Å². The topological polar surface area (TPSA) is 90.2 Å². The molecule has 1 aliphatic rings. The van der Waals surface area contributed by atoms with Crippen molar-refractivity contribution < 1.29 is 14.5 Å². The van der Waals surface area contributed by atoms with E-state index in [1.54, 1.807) is 6.07 Å². The van der Waals surface area contributed by atoms with Crippen molar-refractivity contribution in [1.29, 1.82) is 0 Å². The molecule has 1 aromatic heterocycles. The van der Waals surface area contributed by atoms with Crippen molar-refractivity contribution in [3.8, 4) is 11.3 Å². The number of fused-ring (bicyclic) bond motifs is 1. The highest BCUT2D eigenvalue weighted by molar-refractivity contribution is 6.59. The summed E-state index contributed by atoms with van der Waals surface area (Å²) in [4.78, 5) is 38.8. The number of rotatable bonds is 2. The molecule has 0 fully saturated rings. The van der Waals surface area contributed by atoms with Crippen LogP contribution < -0.4 is 0 Å². The number of benzene rings is 1. The maximum absolute atomic E-state index is 12.2. The lowest BCUT2D eigenvalue weighted by molar-refractivity contribution is -0.384. The van der Waals surface area contributed by atoms with Gasteiger partial charge in [0.2, 0.25) is 11.6 Å². The highest BCUT2D eigenvalue weighted by Crippen LogP contribution is 2.33. The number of pyridine rings is 1. The van der Waals surface area contributed by atoms with Gasteiger partial charge in [-0.15, -0.1) is 0 Å². The van der Waals surface area contributed by atoms with E-state index in [4.69, 9.17) is 23.2 Å². The van der Waals surface area contributed by atoms with E-state index in [1.165, 1.54) is 30.3 Å². The fourth-order valence-electron chi connectivity index (χ4n) is 2.24. The molecule has 1 aliphatic carbocycles. The zero-order valence-corrected chi connectivity index (χ0v) is 12.8. The molecule has 0 spiro atoms. The molecular weight excluding hydrogens is 343 g/mol. The molecule has 0 bridgehead atoms. The number of carbonyl (C=O) groups is 2. The molecule has 0 radical (unpaired) electrons. The van der Waals surface area contributed by atoms with Crippen LogP contribution in [0.5, 0.6) is 0 Å². The predicted molar refractivity (Wildman–Crippen MR) is 83.7 cm³/mol. The number of hydrogen-bond donors (Lipinski definition) is 0. The minimum atomic E-state index is -0.688. The summed E-state index contributed by atoms with van der Waals surface area (Å²) in [7, 11) is 0. The third kappa shape index (κ3) is 2.42. The van der Waals surface area contributed by atoms with E-state index < -0.39 is 21.5 Å². The molecule has 0 N–H and O–H groups in total. The van der Waals surface area contributed by atoms with Crippen molar-refractivity contribution in [3.63, 3.8) is 0 Å². The second-order valence-corrected chi connectivity index (χ2v) is 5.41. The van der Waals surface area contributed by atoms with Crippen molar-refractivity contribution in [1.82, 2.24) is 4.98 Å². The number of aromatic nitrogens is 1. The first-order valence-corrected chi connectivity index (χ1v) is 7.07. The molecule has 1 heterocycles. The lowest BCUT2D eigenvalue weighted by atomic mass is 9.97. The molecule has 0 amide bonds. The second-order valence-electron chi connectivity index (χ2n) is 4.65. The molecule has 0 unspecified atom stereocenters. The van der Waals surface area contributed by atoms with Crippen LogP contribution in [0.4, 0.5) is 5.69 Å². The zero-order chi connectivity index (χ0) is 16.7. The first kappa shape index (κ1) is 15.3. The highest BCUT2D eigenvalue weighted by Gasteiger charge is 2.32. The Hall–Kier alpha value is -2.57. The van der Waals surface area contributed by atoms with E-state index in [2.05, 4.69) is 4.98 Å². The van der Waals surface area contributed by atoms with Crippen LogP contribution >= 0.6 is 23.2 Å². The third-order valence-electron chi connectivity index (χ3n) is 3.32. The summed E-state index contributed by atoms with van der Waals surface area (Å²) in [5, 5.41) is 10.3. The van der Waals surface area contributed by atoms with Crippen molar-refractivity contribution in [3.05, 3.63) is 67.8 Å². The normalized spacial score (nSPS) is 14.0. The second kappa shape index (κ2) is 5.57. The fourth-order valence-corrected chi connectivity index (χ4v) is 2.60. The van der Waals surface area contributed by atoms with Gasteiger partial charge in [0.25, 0.3) is 5.69 Å². The Labute approximate surface area is 139 Å². The number of nitro groups is 1. The van der Waals surface area contributed by atoms with E-state index in [-0.39, 0.29) is 33.2 Å². The molecule has 1 aromatic carbocycles. The maximum Gasteiger partial charge on any atom is 0.278 e. The lowest BCUT2D eigenvalue weighted by Gasteiger charge is -2.14. The van der Waals surface area contributed by atoms with Gasteiger partial charge >= 0.3 is 0 Å². The number of hydrogen-bond acceptors (Lipinski definition) is 5. The number of nitrogens with zero attached hydrogens (tertiary/aromatic N) is 2. The predicted octanol–water partition coefficient (Wildman–Crippen LogP) is 3.73. The van der Waals surface area contributed by atoms with Gasteiger partial charge in [0, 0.05) is 6.07 Å². The Morgan fingerprint density at radius 2 is 1.57 bits per heavy atom. The van der Waals surface area contributed by atoms with Gasteiger partial charge in [-0.3, -0.25) is 19.7 Å². The largest absolute Gasteiger partial charge is 0.287 e. The molecule has 0 aliphatic heterocycles. The van der Waals surface area contributed by atoms with Gasteiger partial charge in [-0.25, -0.2) is 4.98 Å². The maximum atomic E-state index is 12.2. The lowest BCUT2D eigenvalue weighted by Crippen LogP contribution is -2.19. The summed E-state index contributed by atoms with van der Waals surface area (Å²) in [6.45, 7) is 0. The number of Topliss-reactive ketones (excluding diaryl/α,β-unsaturated/α-hetero) is 2. The molecule has 114 valence electrons. The number of nitro benzene ring substituents is 1. The third-order valence-corrected chi connectivity index (χ3v) is 4.14. The van der Waals surface area contributed by atoms with Crippen molar-refractivity contribution in [2.24, 2.45) is 0 Å². The van der Waals surface area contributed by atoms with E-state index in [0.717, 1.165) is 0 Å². The first-order chi connectivity index (χ1) is 10.9. The summed E-state index contributed by atoms with van der Waals surface area (Å²) in [5.41, 5.74) is 0.123. The average molecular weight is 349 g/mol. The standard InChI is InChI=1S/C15H6Cl2N2O4/c16-11-12(17)15(21)13-8(14(11)20)5-6-9(18-13)7-3-1-2-4-10(7)19(22)23/h1-6H. The summed E-state index contributed by atoms with van der Waals surface area (Å²) in [6, 6.07) is 8.75. The van der Waals surface area contributed by atoms with Crippen LogP contribution in [-0.2, 0) is 0 Å². The monoisotopic (exact) mass is 348 g/mol. The number of carbonyl (C=O) groups excluding carboxylic acids is 2. The molecule has 0 atom stereocenters. The smallest absolute Gasteiger partial charge is 0.278 e. The molecule has 3 rings (SSSR count). The number of ketones is 2. The van der Waals surface area contributed by atoms with Crippen LogP contribution in [0.2, 0.25) is 0 Å². The Kier molecular flexibility index (Phi) is 3.71. The van der Waals surface area contributed by atoms with Crippen molar-refractivity contribution in [2.45, 2.75) is 0 Å². The van der Waals surface area contributed by atoms with Crippen LogP contribution in [0.25, 0.3) is 11.3 Å². The van der Waals surface area contributed by atoms with Crippen molar-refractivity contribution >= 4 is 40.5 Å². The highest BCUT2D eigenvalue weighted by atomic mass is 35.5. The number of para-hydroxylation sites is 1. The van der Waals surface area contributed by atoms with Gasteiger partial charge in [0.1, 0.15) is 15.8 Å². The minimum absolute atomic E-state index is 0.0201. The van der Waals surface area contributed by atoms with E-state index in [9.17, 15) is 19.7 Å². The minimum Gasteiger partial charge on any atom is -0.287 e. The van der Waals surface area contributed by atoms with Gasteiger partial charge in [0.15, 0.2) is 0 Å². The van der Waals surface area contributed by atoms with Crippen LogP contribution in [0.3, 0.4) is 0 Å². The van der Waals surface area contributed by atoms with Crippen molar-refractivity contribution in [2.75, 3.05) is 0 Å². The van der Waals surface area contributed by atoms with E-state index in [0.29, 0.717) is 0 Å². The zero-order valence-electron chi connectivity index (χ0n) is 11.2. The summed E-state index contributed by atoms with van der Waals surface area (Å²) < 4.78 is 0. The van der Waals surface area contributed by atoms with Gasteiger partial charge in [-0.05, 0) is 18.2 Å². The molecule has 0 saturated carbocycles. The number of allylic oxidation sites excluding steroid dienone is 2. The molecule has 6 nitrogen and oxygen atoms in total. The Morgan fingerprint density at radius 3 is 2.26 bits per heavy atom. The molecule has 23 heavy (non-hydrogen) atoms.